The third-order valence-electron chi connectivity index (χ3n) is 3.55. The molecule has 0 aliphatic heterocycles. The number of hydrogen-bond donors (Lipinski definition) is 1. The molecule has 2 rings (SSSR count). The Morgan fingerprint density at radius 1 is 1.22 bits per heavy atom. The largest absolute Gasteiger partial charge is 0.350 e. The Morgan fingerprint density at radius 3 is 2.35 bits per heavy atom. The Morgan fingerprint density at radius 2 is 1.87 bits per heavy atom. The Balaban J connectivity index is 2.04. The molecule has 23 heavy (non-hydrogen) atoms. The number of sulfone groups is 1. The maximum atomic E-state index is 12.2. The minimum absolute atomic E-state index is 0.0977. The van der Waals surface area contributed by atoms with Crippen LogP contribution in [0.2, 0.25) is 0 Å². The van der Waals surface area contributed by atoms with Gasteiger partial charge in [-0.25, -0.2) is 8.42 Å². The highest BCUT2D eigenvalue weighted by atomic mass is 32.2. The van der Waals surface area contributed by atoms with E-state index < -0.39 is 9.84 Å². The molecule has 7 heteroatoms. The van der Waals surface area contributed by atoms with E-state index in [1.807, 2.05) is 25.5 Å². The van der Waals surface area contributed by atoms with Crippen LogP contribution in [-0.2, 0) is 9.84 Å². The van der Waals surface area contributed by atoms with Crippen molar-refractivity contribution < 1.29 is 13.2 Å². The third-order valence-corrected chi connectivity index (χ3v) is 5.38. The highest BCUT2D eigenvalue weighted by Gasteiger charge is 2.16. The fraction of sp³-hybridized carbons (Fsp3) is 0.312. The molecule has 5 nitrogen and oxygen atoms in total. The summed E-state index contributed by atoms with van der Waals surface area (Å²) in [6.45, 7) is 0.483. The molecule has 0 aliphatic rings. The van der Waals surface area contributed by atoms with Gasteiger partial charge in [0.25, 0.3) is 5.91 Å². The average Bonchev–Trinajstić information content (AvgIpc) is 3.00. The van der Waals surface area contributed by atoms with Crippen molar-refractivity contribution >= 4 is 27.1 Å². The molecule has 1 N–H and O–H groups in total. The summed E-state index contributed by atoms with van der Waals surface area (Å²) in [7, 11) is 0.686. The van der Waals surface area contributed by atoms with E-state index in [4.69, 9.17) is 0 Å². The summed E-state index contributed by atoms with van der Waals surface area (Å²) in [4.78, 5) is 14.5. The van der Waals surface area contributed by atoms with E-state index in [-0.39, 0.29) is 16.8 Å². The first-order valence-corrected chi connectivity index (χ1v) is 9.89. The number of nitrogens with zero attached hydrogens (tertiary/aromatic N) is 1. The smallest absolute Gasteiger partial charge is 0.251 e. The highest BCUT2D eigenvalue weighted by Crippen LogP contribution is 2.20. The number of carbonyl (C=O) groups is 1. The van der Waals surface area contributed by atoms with Gasteiger partial charge < -0.3 is 10.2 Å². The Labute approximate surface area is 140 Å². The van der Waals surface area contributed by atoms with Gasteiger partial charge in [-0.05, 0) is 60.8 Å². The van der Waals surface area contributed by atoms with Crippen molar-refractivity contribution in [2.75, 3.05) is 26.9 Å². The number of thiophene rings is 1. The summed E-state index contributed by atoms with van der Waals surface area (Å²) in [5.74, 6) is -0.216. The first-order chi connectivity index (χ1) is 10.8. The van der Waals surface area contributed by atoms with Gasteiger partial charge in [0, 0.05) is 18.4 Å². The van der Waals surface area contributed by atoms with Crippen molar-refractivity contribution in [3.63, 3.8) is 0 Å². The predicted molar refractivity (Wildman–Crippen MR) is 92.6 cm³/mol. The molecule has 0 radical (unpaired) electrons. The molecule has 2 aromatic rings. The molecule has 0 fully saturated rings. The quantitative estimate of drug-likeness (QED) is 0.865. The number of hydrogen-bond acceptors (Lipinski definition) is 5. The van der Waals surface area contributed by atoms with Gasteiger partial charge in [0.1, 0.15) is 0 Å². The van der Waals surface area contributed by atoms with Gasteiger partial charge in [-0.1, -0.05) is 0 Å². The molecule has 0 bridgehead atoms. The molecule has 124 valence electrons. The second-order valence-corrected chi connectivity index (χ2v) is 8.34. The molecule has 0 saturated heterocycles. The van der Waals surface area contributed by atoms with Gasteiger partial charge in [0.2, 0.25) is 0 Å². The SMILES string of the molecule is CN(C)[C@H](CNC(=O)c1ccc(S(C)(=O)=O)cc1)c1ccsc1. The van der Waals surface area contributed by atoms with Crippen LogP contribution in [0.5, 0.6) is 0 Å². The summed E-state index contributed by atoms with van der Waals surface area (Å²) < 4.78 is 22.9. The van der Waals surface area contributed by atoms with Crippen LogP contribution in [-0.4, -0.2) is 46.1 Å². The number of likely N-dealkylation sites (N-methyl/N-ethyl adjacent to an activating group) is 1. The second kappa shape index (κ2) is 7.25. The number of nitrogens with one attached hydrogen (secondary N) is 1. The summed E-state index contributed by atoms with van der Waals surface area (Å²) in [6, 6.07) is 8.10. The van der Waals surface area contributed by atoms with Crippen molar-refractivity contribution in [3.8, 4) is 0 Å². The Bertz CT molecular complexity index is 751. The minimum atomic E-state index is -3.25. The molecule has 0 aliphatic carbocycles. The zero-order chi connectivity index (χ0) is 17.0. The molecule has 1 aromatic heterocycles. The maximum absolute atomic E-state index is 12.2. The van der Waals surface area contributed by atoms with E-state index in [0.717, 1.165) is 11.8 Å². The van der Waals surface area contributed by atoms with Gasteiger partial charge in [0.15, 0.2) is 9.84 Å². The standard InChI is InChI=1S/C16H20N2O3S2/c1-18(2)15(13-8-9-22-11-13)10-17-16(19)12-4-6-14(7-5-12)23(3,20)21/h4-9,11,15H,10H2,1-3H3,(H,17,19)/t15-/m1/s1. The van der Waals surface area contributed by atoms with Gasteiger partial charge in [0.05, 0.1) is 10.9 Å². The molecule has 1 atom stereocenters. The lowest BCUT2D eigenvalue weighted by atomic mass is 10.1. The topological polar surface area (TPSA) is 66.5 Å². The fourth-order valence-electron chi connectivity index (χ4n) is 2.21. The van der Waals surface area contributed by atoms with Gasteiger partial charge >= 0.3 is 0 Å². The molecule has 1 heterocycles. The maximum Gasteiger partial charge on any atom is 0.251 e. The predicted octanol–water partition coefficient (Wildman–Crippen LogP) is 2.18. The van der Waals surface area contributed by atoms with Crippen LogP contribution in [0.25, 0.3) is 0 Å². The molecular formula is C16H20N2O3S2. The molecule has 0 unspecified atom stereocenters. The summed E-state index contributed by atoms with van der Waals surface area (Å²) in [6.07, 6.45) is 1.14. The van der Waals surface area contributed by atoms with Crippen molar-refractivity contribution in [2.24, 2.45) is 0 Å². The lowest BCUT2D eigenvalue weighted by molar-refractivity contribution is 0.0942. The van der Waals surface area contributed by atoms with Crippen LogP contribution in [0.4, 0.5) is 0 Å². The summed E-state index contributed by atoms with van der Waals surface area (Å²) >= 11 is 1.62. The average molecular weight is 352 g/mol. The monoisotopic (exact) mass is 352 g/mol. The summed E-state index contributed by atoms with van der Waals surface area (Å²) in [5, 5.41) is 6.98. The number of amides is 1. The van der Waals surface area contributed by atoms with E-state index in [9.17, 15) is 13.2 Å². The van der Waals surface area contributed by atoms with Crippen LogP contribution in [0.3, 0.4) is 0 Å². The number of carbonyl (C=O) groups excluding carboxylic acids is 1. The van der Waals surface area contributed by atoms with Gasteiger partial charge in [-0.3, -0.25) is 4.79 Å². The molecule has 0 saturated carbocycles. The first kappa shape index (κ1) is 17.7. The van der Waals surface area contributed by atoms with Crippen LogP contribution >= 0.6 is 11.3 Å². The highest BCUT2D eigenvalue weighted by molar-refractivity contribution is 7.90. The fourth-order valence-corrected chi connectivity index (χ4v) is 3.55. The van der Waals surface area contributed by atoms with Crippen molar-refractivity contribution in [2.45, 2.75) is 10.9 Å². The zero-order valence-electron chi connectivity index (χ0n) is 13.3. The molecule has 1 amide bonds. The van der Waals surface area contributed by atoms with E-state index >= 15 is 0 Å². The van der Waals surface area contributed by atoms with Crippen molar-refractivity contribution in [3.05, 3.63) is 52.2 Å². The van der Waals surface area contributed by atoms with Gasteiger partial charge in [-0.15, -0.1) is 0 Å². The van der Waals surface area contributed by atoms with E-state index in [1.165, 1.54) is 24.3 Å². The van der Waals surface area contributed by atoms with Crippen LogP contribution in [0.15, 0.2) is 46.0 Å². The van der Waals surface area contributed by atoms with Crippen LogP contribution < -0.4 is 5.32 Å². The lowest BCUT2D eigenvalue weighted by Crippen LogP contribution is -2.34. The molecule has 1 aromatic carbocycles. The minimum Gasteiger partial charge on any atom is -0.350 e. The summed E-state index contributed by atoms with van der Waals surface area (Å²) in [5.41, 5.74) is 1.60. The molecule has 0 spiro atoms. The lowest BCUT2D eigenvalue weighted by Gasteiger charge is -2.24. The van der Waals surface area contributed by atoms with Crippen molar-refractivity contribution in [1.82, 2.24) is 10.2 Å². The Kier molecular flexibility index (Phi) is 5.56. The van der Waals surface area contributed by atoms with E-state index in [2.05, 4.69) is 15.6 Å². The third kappa shape index (κ3) is 4.63. The number of benzene rings is 1. The molecular weight excluding hydrogens is 332 g/mol. The zero-order valence-corrected chi connectivity index (χ0v) is 14.9. The van der Waals surface area contributed by atoms with E-state index in [0.29, 0.717) is 12.1 Å². The normalized spacial score (nSPS) is 13.0. The van der Waals surface area contributed by atoms with Gasteiger partial charge in [-0.2, -0.15) is 11.3 Å². The second-order valence-electron chi connectivity index (χ2n) is 5.54. The first-order valence-electron chi connectivity index (χ1n) is 7.06. The van der Waals surface area contributed by atoms with Crippen LogP contribution in [0, 0.1) is 0 Å². The number of rotatable bonds is 6. The van der Waals surface area contributed by atoms with Crippen molar-refractivity contribution in [1.29, 1.82) is 0 Å². The van der Waals surface area contributed by atoms with Crippen LogP contribution in [0.1, 0.15) is 22.0 Å². The Hall–Kier alpha value is -1.70. The van der Waals surface area contributed by atoms with E-state index in [1.54, 1.807) is 11.3 Å².